The van der Waals surface area contributed by atoms with E-state index in [2.05, 4.69) is 12.2 Å². The normalized spacial score (nSPS) is 11.6. The van der Waals surface area contributed by atoms with Gasteiger partial charge in [0.1, 0.15) is 17.2 Å². The molecule has 0 aromatic heterocycles. The summed E-state index contributed by atoms with van der Waals surface area (Å²) < 4.78 is 16.4. The number of benzene rings is 2. The fraction of sp³-hybridized carbons (Fsp3) is 0.333. The van der Waals surface area contributed by atoms with Crippen molar-refractivity contribution in [3.05, 3.63) is 48.0 Å². The first-order valence-corrected chi connectivity index (χ1v) is 7.39. The predicted molar refractivity (Wildman–Crippen MR) is 89.2 cm³/mol. The molecular weight excluding hydrogens is 278 g/mol. The minimum Gasteiger partial charge on any atom is -0.497 e. The lowest BCUT2D eigenvalue weighted by Crippen LogP contribution is -2.09. The molecule has 0 heterocycles. The van der Waals surface area contributed by atoms with E-state index in [0.29, 0.717) is 6.61 Å². The van der Waals surface area contributed by atoms with Crippen molar-refractivity contribution in [2.24, 2.45) is 0 Å². The molecule has 0 bridgehead atoms. The van der Waals surface area contributed by atoms with E-state index in [-0.39, 0.29) is 6.04 Å². The van der Waals surface area contributed by atoms with Gasteiger partial charge in [-0.25, -0.2) is 0 Å². The molecule has 1 unspecified atom stereocenters. The summed E-state index contributed by atoms with van der Waals surface area (Å²) in [6.07, 6.45) is 0. The zero-order chi connectivity index (χ0) is 15.9. The molecule has 22 heavy (non-hydrogen) atoms. The summed E-state index contributed by atoms with van der Waals surface area (Å²) in [6, 6.07) is 13.8. The van der Waals surface area contributed by atoms with Gasteiger partial charge < -0.3 is 19.5 Å². The first-order chi connectivity index (χ1) is 10.7. The second-order valence-electron chi connectivity index (χ2n) is 4.90. The molecule has 4 heteroatoms. The summed E-state index contributed by atoms with van der Waals surface area (Å²) in [7, 11) is 3.33. The number of rotatable bonds is 7. The molecule has 2 rings (SSSR count). The number of nitrogens with one attached hydrogen (secondary N) is 1. The Morgan fingerprint density at radius 1 is 1.00 bits per heavy atom. The van der Waals surface area contributed by atoms with Gasteiger partial charge in [-0.15, -0.1) is 0 Å². The van der Waals surface area contributed by atoms with E-state index < -0.39 is 0 Å². The number of para-hydroxylation sites is 2. The van der Waals surface area contributed by atoms with Crippen LogP contribution in [-0.4, -0.2) is 20.8 Å². The molecule has 118 valence electrons. The van der Waals surface area contributed by atoms with Gasteiger partial charge in [-0.2, -0.15) is 0 Å². The predicted octanol–water partition coefficient (Wildman–Crippen LogP) is 4.28. The molecule has 2 aromatic carbocycles. The van der Waals surface area contributed by atoms with E-state index in [1.165, 1.54) is 0 Å². The topological polar surface area (TPSA) is 39.7 Å². The maximum absolute atomic E-state index is 5.66. The van der Waals surface area contributed by atoms with Crippen molar-refractivity contribution < 1.29 is 14.2 Å². The van der Waals surface area contributed by atoms with Gasteiger partial charge in [0.05, 0.1) is 32.6 Å². The van der Waals surface area contributed by atoms with Crippen molar-refractivity contribution in [2.45, 2.75) is 19.9 Å². The number of anilines is 1. The first kappa shape index (κ1) is 16.0. The lowest BCUT2D eigenvalue weighted by molar-refractivity contribution is 0.341. The first-order valence-electron chi connectivity index (χ1n) is 7.39. The molecule has 0 amide bonds. The Bertz CT molecular complexity index is 613. The standard InChI is InChI=1S/C18H23NO3/c1-5-22-18-9-7-6-8-16(18)19-13(2)15-12-14(20-3)10-11-17(15)21-4/h6-13,19H,5H2,1-4H3. The summed E-state index contributed by atoms with van der Waals surface area (Å²) in [5, 5.41) is 3.48. The van der Waals surface area contributed by atoms with Gasteiger partial charge in [0.25, 0.3) is 0 Å². The van der Waals surface area contributed by atoms with Crippen molar-refractivity contribution in [3.8, 4) is 17.2 Å². The molecule has 0 aliphatic rings. The minimum absolute atomic E-state index is 0.0478. The largest absolute Gasteiger partial charge is 0.497 e. The Morgan fingerprint density at radius 3 is 2.45 bits per heavy atom. The van der Waals surface area contributed by atoms with Crippen molar-refractivity contribution in [3.63, 3.8) is 0 Å². The van der Waals surface area contributed by atoms with Gasteiger partial charge in [0.2, 0.25) is 0 Å². The van der Waals surface area contributed by atoms with Crippen molar-refractivity contribution in [2.75, 3.05) is 26.1 Å². The molecule has 0 radical (unpaired) electrons. The molecule has 1 N–H and O–H groups in total. The molecule has 0 spiro atoms. The number of hydrogen-bond acceptors (Lipinski definition) is 4. The highest BCUT2D eigenvalue weighted by atomic mass is 16.5. The van der Waals surface area contributed by atoms with Crippen LogP contribution < -0.4 is 19.5 Å². The third-order valence-corrected chi connectivity index (χ3v) is 3.46. The number of hydrogen-bond donors (Lipinski definition) is 1. The van der Waals surface area contributed by atoms with Crippen molar-refractivity contribution >= 4 is 5.69 Å². The van der Waals surface area contributed by atoms with E-state index >= 15 is 0 Å². The van der Waals surface area contributed by atoms with E-state index in [4.69, 9.17) is 14.2 Å². The number of ether oxygens (including phenoxy) is 3. The van der Waals surface area contributed by atoms with Crippen LogP contribution in [0, 0.1) is 0 Å². The smallest absolute Gasteiger partial charge is 0.142 e. The zero-order valence-corrected chi connectivity index (χ0v) is 13.6. The molecule has 0 saturated heterocycles. The highest BCUT2D eigenvalue weighted by Crippen LogP contribution is 2.33. The second-order valence-corrected chi connectivity index (χ2v) is 4.90. The molecule has 0 saturated carbocycles. The van der Waals surface area contributed by atoms with Gasteiger partial charge in [-0.3, -0.25) is 0 Å². The van der Waals surface area contributed by atoms with E-state index in [1.54, 1.807) is 14.2 Å². The van der Waals surface area contributed by atoms with Gasteiger partial charge in [-0.1, -0.05) is 12.1 Å². The van der Waals surface area contributed by atoms with Crippen LogP contribution in [0.15, 0.2) is 42.5 Å². The summed E-state index contributed by atoms with van der Waals surface area (Å²) >= 11 is 0. The minimum atomic E-state index is 0.0478. The Kier molecular flexibility index (Phi) is 5.53. The summed E-state index contributed by atoms with van der Waals surface area (Å²) in [5.74, 6) is 2.48. The zero-order valence-electron chi connectivity index (χ0n) is 13.6. The monoisotopic (exact) mass is 301 g/mol. The molecule has 1 atom stereocenters. The van der Waals surface area contributed by atoms with Crippen molar-refractivity contribution in [1.82, 2.24) is 0 Å². The SMILES string of the molecule is CCOc1ccccc1NC(C)c1cc(OC)ccc1OC. The average Bonchev–Trinajstić information content (AvgIpc) is 2.56. The van der Waals surface area contributed by atoms with Gasteiger partial charge in [0, 0.05) is 5.56 Å². The van der Waals surface area contributed by atoms with Crippen LogP contribution in [0.5, 0.6) is 17.2 Å². The Labute approximate surface area is 132 Å². The van der Waals surface area contributed by atoms with Crippen LogP contribution in [0.4, 0.5) is 5.69 Å². The fourth-order valence-electron chi connectivity index (χ4n) is 2.36. The van der Waals surface area contributed by atoms with E-state index in [9.17, 15) is 0 Å². The van der Waals surface area contributed by atoms with Crippen LogP contribution in [0.25, 0.3) is 0 Å². The van der Waals surface area contributed by atoms with E-state index in [0.717, 1.165) is 28.5 Å². The van der Waals surface area contributed by atoms with Crippen molar-refractivity contribution in [1.29, 1.82) is 0 Å². The third kappa shape index (κ3) is 3.64. The number of methoxy groups -OCH3 is 2. The van der Waals surface area contributed by atoms with Crippen LogP contribution >= 0.6 is 0 Å². The maximum Gasteiger partial charge on any atom is 0.142 e. The average molecular weight is 301 g/mol. The summed E-state index contributed by atoms with van der Waals surface area (Å²) in [6.45, 7) is 4.70. The van der Waals surface area contributed by atoms with Gasteiger partial charge in [-0.05, 0) is 44.2 Å². The molecule has 0 aliphatic heterocycles. The molecule has 0 fully saturated rings. The lowest BCUT2D eigenvalue weighted by Gasteiger charge is -2.21. The Hall–Kier alpha value is -2.36. The van der Waals surface area contributed by atoms with Crippen LogP contribution in [0.3, 0.4) is 0 Å². The highest BCUT2D eigenvalue weighted by molar-refractivity contribution is 5.58. The summed E-state index contributed by atoms with van der Waals surface area (Å²) in [5.41, 5.74) is 2.00. The Balaban J connectivity index is 2.27. The quantitative estimate of drug-likeness (QED) is 0.828. The fourth-order valence-corrected chi connectivity index (χ4v) is 2.36. The summed E-state index contributed by atoms with van der Waals surface area (Å²) in [4.78, 5) is 0. The second kappa shape index (κ2) is 7.59. The maximum atomic E-state index is 5.66. The van der Waals surface area contributed by atoms with Crippen LogP contribution in [-0.2, 0) is 0 Å². The molecule has 2 aromatic rings. The van der Waals surface area contributed by atoms with Gasteiger partial charge >= 0.3 is 0 Å². The molecular formula is C18H23NO3. The Morgan fingerprint density at radius 2 is 1.77 bits per heavy atom. The molecule has 4 nitrogen and oxygen atoms in total. The lowest BCUT2D eigenvalue weighted by atomic mass is 10.1. The van der Waals surface area contributed by atoms with Crippen LogP contribution in [0.2, 0.25) is 0 Å². The van der Waals surface area contributed by atoms with Crippen LogP contribution in [0.1, 0.15) is 25.5 Å². The molecule has 0 aliphatic carbocycles. The van der Waals surface area contributed by atoms with Gasteiger partial charge in [0.15, 0.2) is 0 Å². The highest BCUT2D eigenvalue weighted by Gasteiger charge is 2.14. The third-order valence-electron chi connectivity index (χ3n) is 3.46. The van der Waals surface area contributed by atoms with E-state index in [1.807, 2.05) is 49.4 Å².